The summed E-state index contributed by atoms with van der Waals surface area (Å²) in [5, 5.41) is 28.6. The molecule has 0 spiro atoms. The summed E-state index contributed by atoms with van der Waals surface area (Å²) in [4.78, 5) is 6.72. The SMILES string of the molecule is OC[C@@H](O)[C@@H](O)[C@H](OCc1ccccc1)c1cnc[nH]1. The van der Waals surface area contributed by atoms with Crippen molar-refractivity contribution >= 4 is 0 Å². The van der Waals surface area contributed by atoms with E-state index in [0.717, 1.165) is 5.56 Å². The number of H-pyrrole nitrogens is 1. The lowest BCUT2D eigenvalue weighted by Crippen LogP contribution is -2.36. The number of nitrogens with one attached hydrogen (secondary N) is 1. The maximum absolute atomic E-state index is 10.0. The second kappa shape index (κ2) is 7.16. The lowest BCUT2D eigenvalue weighted by atomic mass is 10.1. The molecule has 0 fully saturated rings. The highest BCUT2D eigenvalue weighted by Crippen LogP contribution is 2.23. The van der Waals surface area contributed by atoms with Gasteiger partial charge in [-0.3, -0.25) is 0 Å². The van der Waals surface area contributed by atoms with Crippen LogP contribution in [0.15, 0.2) is 42.9 Å². The number of nitrogens with zero attached hydrogens (tertiary/aromatic N) is 1. The first kappa shape index (κ1) is 14.7. The molecule has 0 aliphatic carbocycles. The Labute approximate surface area is 116 Å². The summed E-state index contributed by atoms with van der Waals surface area (Å²) >= 11 is 0. The minimum absolute atomic E-state index is 0.278. The van der Waals surface area contributed by atoms with Gasteiger partial charge in [-0.15, -0.1) is 0 Å². The Bertz CT molecular complexity index is 489. The smallest absolute Gasteiger partial charge is 0.128 e. The Balaban J connectivity index is 2.07. The van der Waals surface area contributed by atoms with E-state index < -0.39 is 24.9 Å². The average molecular weight is 278 g/mol. The molecule has 0 aliphatic rings. The van der Waals surface area contributed by atoms with Crippen LogP contribution in [0, 0.1) is 0 Å². The van der Waals surface area contributed by atoms with E-state index in [4.69, 9.17) is 9.84 Å². The third-order valence-electron chi connectivity index (χ3n) is 2.99. The maximum atomic E-state index is 10.0. The van der Waals surface area contributed by atoms with Crippen molar-refractivity contribution in [3.05, 3.63) is 54.1 Å². The molecule has 0 saturated carbocycles. The minimum atomic E-state index is -1.28. The zero-order valence-electron chi connectivity index (χ0n) is 10.9. The lowest BCUT2D eigenvalue weighted by Gasteiger charge is -2.25. The molecule has 0 aliphatic heterocycles. The first-order chi connectivity index (χ1) is 9.72. The number of aliphatic hydroxyl groups excluding tert-OH is 3. The molecule has 2 aromatic rings. The number of aliphatic hydroxyl groups is 3. The van der Waals surface area contributed by atoms with E-state index in [1.165, 1.54) is 12.5 Å². The molecule has 0 saturated heterocycles. The van der Waals surface area contributed by atoms with Crippen LogP contribution in [0.5, 0.6) is 0 Å². The summed E-state index contributed by atoms with van der Waals surface area (Å²) in [6.07, 6.45) is -0.335. The molecule has 6 nitrogen and oxygen atoms in total. The van der Waals surface area contributed by atoms with Crippen molar-refractivity contribution in [3.8, 4) is 0 Å². The third-order valence-corrected chi connectivity index (χ3v) is 2.99. The van der Waals surface area contributed by atoms with Crippen LogP contribution in [0.3, 0.4) is 0 Å². The minimum Gasteiger partial charge on any atom is -0.394 e. The second-order valence-corrected chi connectivity index (χ2v) is 4.46. The van der Waals surface area contributed by atoms with Crippen LogP contribution in [0.1, 0.15) is 17.4 Å². The first-order valence-corrected chi connectivity index (χ1v) is 6.33. The van der Waals surface area contributed by atoms with Gasteiger partial charge in [-0.05, 0) is 5.56 Å². The zero-order chi connectivity index (χ0) is 14.4. The van der Waals surface area contributed by atoms with Crippen LogP contribution in [0.2, 0.25) is 0 Å². The summed E-state index contributed by atoms with van der Waals surface area (Å²) in [5.74, 6) is 0. The van der Waals surface area contributed by atoms with Crippen molar-refractivity contribution in [1.29, 1.82) is 0 Å². The molecule has 4 N–H and O–H groups in total. The zero-order valence-corrected chi connectivity index (χ0v) is 10.9. The molecule has 6 heteroatoms. The molecule has 1 aromatic carbocycles. The van der Waals surface area contributed by atoms with Crippen LogP contribution in [0.25, 0.3) is 0 Å². The summed E-state index contributed by atoms with van der Waals surface area (Å²) in [6, 6.07) is 9.49. The summed E-state index contributed by atoms with van der Waals surface area (Å²) < 4.78 is 5.66. The van der Waals surface area contributed by atoms with Crippen LogP contribution < -0.4 is 0 Å². The summed E-state index contributed by atoms with van der Waals surface area (Å²) in [7, 11) is 0. The molecule has 20 heavy (non-hydrogen) atoms. The van der Waals surface area contributed by atoms with E-state index in [2.05, 4.69) is 9.97 Å². The quantitative estimate of drug-likeness (QED) is 0.587. The van der Waals surface area contributed by atoms with Gasteiger partial charge < -0.3 is 25.0 Å². The van der Waals surface area contributed by atoms with E-state index in [-0.39, 0.29) is 6.61 Å². The molecular weight excluding hydrogens is 260 g/mol. The molecule has 2 rings (SSSR count). The van der Waals surface area contributed by atoms with Gasteiger partial charge in [0.2, 0.25) is 0 Å². The monoisotopic (exact) mass is 278 g/mol. The second-order valence-electron chi connectivity index (χ2n) is 4.46. The molecule has 108 valence electrons. The number of aromatic amines is 1. The van der Waals surface area contributed by atoms with Gasteiger partial charge in [0, 0.05) is 0 Å². The van der Waals surface area contributed by atoms with E-state index >= 15 is 0 Å². The van der Waals surface area contributed by atoms with E-state index in [0.29, 0.717) is 5.69 Å². The van der Waals surface area contributed by atoms with Gasteiger partial charge in [0.15, 0.2) is 0 Å². The van der Waals surface area contributed by atoms with Crippen molar-refractivity contribution in [1.82, 2.24) is 9.97 Å². The highest BCUT2D eigenvalue weighted by molar-refractivity contribution is 5.14. The fourth-order valence-electron chi connectivity index (χ4n) is 1.86. The third kappa shape index (κ3) is 3.64. The topological polar surface area (TPSA) is 98.6 Å². The Hall–Kier alpha value is -1.73. The van der Waals surface area contributed by atoms with Crippen molar-refractivity contribution < 1.29 is 20.1 Å². The van der Waals surface area contributed by atoms with E-state index in [1.807, 2.05) is 30.3 Å². The number of aromatic nitrogens is 2. The Morgan fingerprint density at radius 3 is 2.55 bits per heavy atom. The number of hydrogen-bond acceptors (Lipinski definition) is 5. The van der Waals surface area contributed by atoms with Gasteiger partial charge >= 0.3 is 0 Å². The van der Waals surface area contributed by atoms with Crippen LogP contribution in [-0.2, 0) is 11.3 Å². The largest absolute Gasteiger partial charge is 0.394 e. The highest BCUT2D eigenvalue weighted by atomic mass is 16.5. The molecule has 3 atom stereocenters. The van der Waals surface area contributed by atoms with Gasteiger partial charge in [0.25, 0.3) is 0 Å². The standard InChI is InChI=1S/C14H18N2O4/c17-7-12(18)13(19)14(11-6-15-9-16-11)20-8-10-4-2-1-3-5-10/h1-6,9,12-14,17-19H,7-8H2,(H,15,16)/t12-,13-,14-/m1/s1. The van der Waals surface area contributed by atoms with Gasteiger partial charge in [-0.25, -0.2) is 4.98 Å². The molecule has 1 heterocycles. The van der Waals surface area contributed by atoms with Gasteiger partial charge in [-0.2, -0.15) is 0 Å². The van der Waals surface area contributed by atoms with Crippen molar-refractivity contribution in [2.75, 3.05) is 6.61 Å². The first-order valence-electron chi connectivity index (χ1n) is 6.33. The van der Waals surface area contributed by atoms with Crippen molar-refractivity contribution in [2.24, 2.45) is 0 Å². The molecular formula is C14H18N2O4. The molecule has 0 amide bonds. The predicted molar refractivity (Wildman–Crippen MR) is 71.7 cm³/mol. The number of benzene rings is 1. The van der Waals surface area contributed by atoms with Crippen LogP contribution in [-0.4, -0.2) is 44.1 Å². The van der Waals surface area contributed by atoms with Gasteiger partial charge in [0.1, 0.15) is 18.3 Å². The van der Waals surface area contributed by atoms with E-state index in [1.54, 1.807) is 0 Å². The van der Waals surface area contributed by atoms with Crippen molar-refractivity contribution in [3.63, 3.8) is 0 Å². The van der Waals surface area contributed by atoms with Gasteiger partial charge in [0.05, 0.1) is 31.4 Å². The Kier molecular flexibility index (Phi) is 5.25. The maximum Gasteiger partial charge on any atom is 0.128 e. The lowest BCUT2D eigenvalue weighted by molar-refractivity contribution is -0.110. The predicted octanol–water partition coefficient (Wildman–Crippen LogP) is 0.382. The fraction of sp³-hybridized carbons (Fsp3) is 0.357. The number of ether oxygens (including phenoxy) is 1. The summed E-state index contributed by atoms with van der Waals surface area (Å²) in [5.41, 5.74) is 1.49. The van der Waals surface area contributed by atoms with Crippen LogP contribution >= 0.6 is 0 Å². The highest BCUT2D eigenvalue weighted by Gasteiger charge is 2.29. The Morgan fingerprint density at radius 1 is 1.20 bits per heavy atom. The number of imidazole rings is 1. The number of hydrogen-bond donors (Lipinski definition) is 4. The fourth-order valence-corrected chi connectivity index (χ4v) is 1.86. The van der Waals surface area contributed by atoms with Crippen LogP contribution in [0.4, 0.5) is 0 Å². The average Bonchev–Trinajstić information content (AvgIpc) is 3.01. The van der Waals surface area contributed by atoms with Crippen molar-refractivity contribution in [2.45, 2.75) is 24.9 Å². The summed E-state index contributed by atoms with van der Waals surface area (Å²) in [6.45, 7) is -0.264. The van der Waals surface area contributed by atoms with Gasteiger partial charge in [-0.1, -0.05) is 30.3 Å². The van der Waals surface area contributed by atoms with E-state index in [9.17, 15) is 10.2 Å². The molecule has 1 aromatic heterocycles. The number of rotatable bonds is 7. The Morgan fingerprint density at radius 2 is 1.95 bits per heavy atom. The molecule has 0 radical (unpaired) electrons. The normalized spacial score (nSPS) is 15.8. The molecule has 0 unspecified atom stereocenters. The molecule has 0 bridgehead atoms.